The van der Waals surface area contributed by atoms with Gasteiger partial charge in [-0.3, -0.25) is 0 Å². The molecule has 1 fully saturated rings. The number of hydrogen-bond acceptors (Lipinski definition) is 3. The lowest BCUT2D eigenvalue weighted by molar-refractivity contribution is 0.230. The minimum Gasteiger partial charge on any atom is -0.330 e. The monoisotopic (exact) mass is 335 g/mol. The van der Waals surface area contributed by atoms with Gasteiger partial charge in [-0.25, -0.2) is 0 Å². The molecule has 23 heavy (non-hydrogen) atoms. The second kappa shape index (κ2) is 8.55. The van der Waals surface area contributed by atoms with Crippen LogP contribution in [0.1, 0.15) is 70.4 Å². The van der Waals surface area contributed by atoms with Crippen LogP contribution in [0.2, 0.25) is 0 Å². The maximum Gasteiger partial charge on any atom is 0.0221 e. The van der Waals surface area contributed by atoms with Crippen molar-refractivity contribution in [2.45, 2.75) is 76.7 Å². The maximum absolute atomic E-state index is 8.88. The lowest BCUT2D eigenvalue weighted by Crippen LogP contribution is -2.49. The van der Waals surface area contributed by atoms with Crippen molar-refractivity contribution < 1.29 is 4.55 Å². The van der Waals surface area contributed by atoms with Crippen LogP contribution in [0.5, 0.6) is 0 Å². The third-order valence-electron chi connectivity index (χ3n) is 5.09. The normalized spacial score (nSPS) is 18.1. The molecule has 3 heteroatoms. The first kappa shape index (κ1) is 18.8. The van der Waals surface area contributed by atoms with Crippen LogP contribution in [0.15, 0.2) is 24.3 Å². The summed E-state index contributed by atoms with van der Waals surface area (Å²) in [5.41, 5.74) is 3.35. The molecule has 1 aliphatic rings. The molecule has 2 nitrogen and oxygen atoms in total. The molecule has 2 rings (SSSR count). The van der Waals surface area contributed by atoms with E-state index in [1.807, 2.05) is 0 Å². The first-order chi connectivity index (χ1) is 11.0. The van der Waals surface area contributed by atoms with E-state index in [0.29, 0.717) is 0 Å². The molecule has 0 saturated heterocycles. The predicted molar refractivity (Wildman–Crippen MR) is 102 cm³/mol. The van der Waals surface area contributed by atoms with Crippen molar-refractivity contribution >= 4 is 12.0 Å². The number of nitrogens with one attached hydrogen (secondary N) is 1. The van der Waals surface area contributed by atoms with Gasteiger partial charge in [0.2, 0.25) is 0 Å². The largest absolute Gasteiger partial charge is 0.330 e. The number of hydrogen-bond donors (Lipinski definition) is 2. The summed E-state index contributed by atoms with van der Waals surface area (Å²) in [6, 6.07) is 9.24. The highest BCUT2D eigenvalue weighted by molar-refractivity contribution is 7.93. The molecule has 1 aliphatic carbocycles. The quantitative estimate of drug-likeness (QED) is 0.516. The van der Waals surface area contributed by atoms with Crippen LogP contribution in [-0.2, 0) is 11.8 Å². The van der Waals surface area contributed by atoms with E-state index in [4.69, 9.17) is 4.55 Å². The van der Waals surface area contributed by atoms with E-state index >= 15 is 0 Å². The smallest absolute Gasteiger partial charge is 0.0221 e. The van der Waals surface area contributed by atoms with Gasteiger partial charge in [-0.1, -0.05) is 64.3 Å². The van der Waals surface area contributed by atoms with Gasteiger partial charge in [-0.15, -0.1) is 0 Å². The van der Waals surface area contributed by atoms with E-state index in [1.54, 1.807) is 0 Å². The third kappa shape index (κ3) is 5.81. The van der Waals surface area contributed by atoms with Crippen molar-refractivity contribution in [1.82, 2.24) is 5.32 Å². The maximum atomic E-state index is 8.88. The zero-order valence-electron chi connectivity index (χ0n) is 15.0. The average molecular weight is 336 g/mol. The van der Waals surface area contributed by atoms with Crippen LogP contribution in [0, 0.1) is 0 Å². The first-order valence-corrected chi connectivity index (χ1v) is 10.0. The molecule has 1 saturated carbocycles. The fraction of sp³-hybridized carbons (Fsp3) is 0.700. The molecule has 0 unspecified atom stereocenters. The molecule has 0 radical (unpaired) electrons. The Kier molecular flexibility index (Phi) is 7.00. The van der Waals surface area contributed by atoms with Gasteiger partial charge < -0.3 is 9.87 Å². The standard InChI is InChI=1S/C20H33NOS/c1-19(2,3)18-10-8-17(9-11-18)16-20(12-5-4-6-13-20)21-14-7-15-23-22/h8-11,21-22H,4-7,12-16H2,1-3H3. The average Bonchev–Trinajstić information content (AvgIpc) is 2.52. The second-order valence-corrected chi connectivity index (χ2v) is 8.74. The molecule has 0 amide bonds. The van der Waals surface area contributed by atoms with Gasteiger partial charge in [0.25, 0.3) is 0 Å². The highest BCUT2D eigenvalue weighted by atomic mass is 32.2. The molecule has 1 aromatic carbocycles. The Bertz CT molecular complexity index is 458. The molecule has 130 valence electrons. The molecular formula is C20H33NOS. The zero-order chi connectivity index (χ0) is 16.8. The number of benzene rings is 1. The van der Waals surface area contributed by atoms with Gasteiger partial charge in [0.05, 0.1) is 0 Å². The van der Waals surface area contributed by atoms with E-state index in [0.717, 1.165) is 37.2 Å². The van der Waals surface area contributed by atoms with E-state index < -0.39 is 0 Å². The Hall–Kier alpha value is -0.510. The summed E-state index contributed by atoms with van der Waals surface area (Å²) >= 11 is 0.955. The molecule has 0 atom stereocenters. The molecule has 1 aromatic rings. The summed E-state index contributed by atoms with van der Waals surface area (Å²) in [6.45, 7) is 7.82. The van der Waals surface area contributed by atoms with E-state index in [9.17, 15) is 0 Å². The fourth-order valence-corrected chi connectivity index (χ4v) is 3.92. The SMILES string of the molecule is CC(C)(C)c1ccc(CC2(NCCCSO)CCCCC2)cc1. The molecule has 0 heterocycles. The zero-order valence-corrected chi connectivity index (χ0v) is 15.8. The molecule has 0 spiro atoms. The molecule has 0 bridgehead atoms. The van der Waals surface area contributed by atoms with Crippen LogP contribution in [0.25, 0.3) is 0 Å². The Balaban J connectivity index is 2.02. The minimum absolute atomic E-state index is 0.223. The summed E-state index contributed by atoms with van der Waals surface area (Å²) in [5.74, 6) is 0.823. The highest BCUT2D eigenvalue weighted by Crippen LogP contribution is 2.32. The fourth-order valence-electron chi connectivity index (χ4n) is 3.65. The highest BCUT2D eigenvalue weighted by Gasteiger charge is 2.31. The lowest BCUT2D eigenvalue weighted by Gasteiger charge is -2.39. The van der Waals surface area contributed by atoms with E-state index in [-0.39, 0.29) is 11.0 Å². The van der Waals surface area contributed by atoms with Crippen LogP contribution < -0.4 is 5.32 Å². The van der Waals surface area contributed by atoms with Crippen molar-refractivity contribution in [3.05, 3.63) is 35.4 Å². The van der Waals surface area contributed by atoms with Crippen molar-refractivity contribution in [3.63, 3.8) is 0 Å². The summed E-state index contributed by atoms with van der Waals surface area (Å²) in [7, 11) is 0. The topological polar surface area (TPSA) is 32.3 Å². The van der Waals surface area contributed by atoms with Crippen LogP contribution >= 0.6 is 12.0 Å². The molecule has 0 aromatic heterocycles. The second-order valence-electron chi connectivity index (χ2n) is 8.08. The van der Waals surface area contributed by atoms with Gasteiger partial charge in [-0.2, -0.15) is 0 Å². The van der Waals surface area contributed by atoms with Crippen LogP contribution in [0.3, 0.4) is 0 Å². The summed E-state index contributed by atoms with van der Waals surface area (Å²) in [4.78, 5) is 0. The summed E-state index contributed by atoms with van der Waals surface area (Å²) < 4.78 is 8.88. The predicted octanol–water partition coefficient (Wildman–Crippen LogP) is 5.42. The summed E-state index contributed by atoms with van der Waals surface area (Å²) in [5, 5.41) is 3.84. The van der Waals surface area contributed by atoms with Crippen LogP contribution in [-0.4, -0.2) is 22.4 Å². The van der Waals surface area contributed by atoms with Gasteiger partial charge in [-0.05, 0) is 60.8 Å². The van der Waals surface area contributed by atoms with Crippen molar-refractivity contribution in [2.75, 3.05) is 12.3 Å². The van der Waals surface area contributed by atoms with E-state index in [1.165, 1.54) is 43.2 Å². The minimum atomic E-state index is 0.223. The Labute approximate surface area is 146 Å². The van der Waals surface area contributed by atoms with Gasteiger partial charge in [0.15, 0.2) is 0 Å². The first-order valence-electron chi connectivity index (χ1n) is 9.06. The van der Waals surface area contributed by atoms with Gasteiger partial charge in [0, 0.05) is 11.3 Å². The number of rotatable bonds is 7. The third-order valence-corrected chi connectivity index (χ3v) is 5.56. The molecular weight excluding hydrogens is 302 g/mol. The van der Waals surface area contributed by atoms with E-state index in [2.05, 4.69) is 50.4 Å². The van der Waals surface area contributed by atoms with Gasteiger partial charge in [0.1, 0.15) is 0 Å². The van der Waals surface area contributed by atoms with Crippen molar-refractivity contribution in [1.29, 1.82) is 0 Å². The Morgan fingerprint density at radius 3 is 2.30 bits per heavy atom. The van der Waals surface area contributed by atoms with Crippen molar-refractivity contribution in [3.8, 4) is 0 Å². The van der Waals surface area contributed by atoms with Crippen molar-refractivity contribution in [2.24, 2.45) is 0 Å². The van der Waals surface area contributed by atoms with Crippen LogP contribution in [0.4, 0.5) is 0 Å². The molecule has 0 aliphatic heterocycles. The Morgan fingerprint density at radius 1 is 1.09 bits per heavy atom. The van der Waals surface area contributed by atoms with Gasteiger partial charge >= 0.3 is 0 Å². The summed E-state index contributed by atoms with van der Waals surface area (Å²) in [6.07, 6.45) is 8.76. The lowest BCUT2D eigenvalue weighted by atomic mass is 9.77. The Morgan fingerprint density at radius 2 is 1.74 bits per heavy atom. The molecule has 2 N–H and O–H groups in total.